The molecule has 1 aromatic carbocycles. The lowest BCUT2D eigenvalue weighted by atomic mass is 9.89. The molecule has 0 bridgehead atoms. The van der Waals surface area contributed by atoms with Gasteiger partial charge in [-0.25, -0.2) is 0 Å². The molecule has 118 valence electrons. The fourth-order valence-corrected chi connectivity index (χ4v) is 3.65. The van der Waals surface area contributed by atoms with Crippen LogP contribution in [0.15, 0.2) is 18.2 Å². The van der Waals surface area contributed by atoms with Crippen molar-refractivity contribution in [3.05, 3.63) is 34.9 Å². The molecule has 1 saturated heterocycles. The molecule has 1 aliphatic heterocycles. The summed E-state index contributed by atoms with van der Waals surface area (Å²) in [5, 5.41) is 0. The Labute approximate surface area is 131 Å². The van der Waals surface area contributed by atoms with E-state index in [4.69, 9.17) is 4.74 Å². The van der Waals surface area contributed by atoms with Crippen LogP contribution in [0.25, 0.3) is 0 Å². The fraction of sp³-hybridized carbons (Fsp3) is 0.556. The summed E-state index contributed by atoms with van der Waals surface area (Å²) in [5.74, 6) is 0.0346. The minimum absolute atomic E-state index is 0.00432. The number of benzene rings is 1. The first-order valence-electron chi connectivity index (χ1n) is 8.12. The number of ketones is 1. The first kappa shape index (κ1) is 15.2. The van der Waals surface area contributed by atoms with Gasteiger partial charge in [0.1, 0.15) is 0 Å². The minimum Gasteiger partial charge on any atom is -0.374 e. The van der Waals surface area contributed by atoms with Gasteiger partial charge in [0.25, 0.3) is 5.91 Å². The van der Waals surface area contributed by atoms with Crippen molar-refractivity contribution < 1.29 is 14.3 Å². The molecule has 0 radical (unpaired) electrons. The third-order valence-electron chi connectivity index (χ3n) is 4.86. The first-order chi connectivity index (χ1) is 10.6. The number of ether oxygens (including phenoxy) is 1. The molecule has 0 aromatic heterocycles. The van der Waals surface area contributed by atoms with Gasteiger partial charge in [-0.1, -0.05) is 18.9 Å². The number of hydrogen-bond donors (Lipinski definition) is 0. The van der Waals surface area contributed by atoms with Crippen LogP contribution in [0, 0.1) is 6.92 Å². The van der Waals surface area contributed by atoms with E-state index in [1.165, 1.54) is 6.42 Å². The average molecular weight is 301 g/mol. The van der Waals surface area contributed by atoms with Gasteiger partial charge < -0.3 is 9.64 Å². The molecule has 1 aliphatic carbocycles. The molecule has 2 fully saturated rings. The van der Waals surface area contributed by atoms with Gasteiger partial charge in [0.2, 0.25) is 0 Å². The van der Waals surface area contributed by atoms with Crippen molar-refractivity contribution in [2.24, 2.45) is 0 Å². The number of carbonyl (C=O) groups excluding carboxylic acids is 2. The maximum absolute atomic E-state index is 12.9. The standard InChI is InChI=1S/C18H23NO3/c1-12-7-8-14(11-15(12)13(2)20)18(21)19-9-10-22-17-6-4-3-5-16(17)19/h7-8,11,16-17H,3-6,9-10H2,1-2H3/t16-,17-/m1/s1. The second-order valence-corrected chi connectivity index (χ2v) is 6.35. The zero-order chi connectivity index (χ0) is 15.7. The van der Waals surface area contributed by atoms with Gasteiger partial charge in [0, 0.05) is 17.7 Å². The summed E-state index contributed by atoms with van der Waals surface area (Å²) < 4.78 is 5.83. The molecular weight excluding hydrogens is 278 g/mol. The Kier molecular flexibility index (Phi) is 4.30. The normalized spacial score (nSPS) is 24.7. The van der Waals surface area contributed by atoms with Crippen molar-refractivity contribution in [2.45, 2.75) is 51.7 Å². The lowest BCUT2D eigenvalue weighted by molar-refractivity contribution is -0.0752. The fourth-order valence-electron chi connectivity index (χ4n) is 3.65. The summed E-state index contributed by atoms with van der Waals surface area (Å²) in [6, 6.07) is 5.63. The Bertz CT molecular complexity index is 594. The summed E-state index contributed by atoms with van der Waals surface area (Å²) in [7, 11) is 0. The molecule has 0 N–H and O–H groups in total. The number of rotatable bonds is 2. The monoisotopic (exact) mass is 301 g/mol. The zero-order valence-corrected chi connectivity index (χ0v) is 13.3. The highest BCUT2D eigenvalue weighted by molar-refractivity contribution is 6.00. The maximum atomic E-state index is 12.9. The van der Waals surface area contributed by atoms with E-state index >= 15 is 0 Å². The van der Waals surface area contributed by atoms with Crippen LogP contribution in [-0.4, -0.2) is 41.9 Å². The molecule has 2 atom stereocenters. The van der Waals surface area contributed by atoms with Gasteiger partial charge in [0.05, 0.1) is 18.8 Å². The summed E-state index contributed by atoms with van der Waals surface area (Å²) in [6.07, 6.45) is 4.58. The van der Waals surface area contributed by atoms with E-state index in [9.17, 15) is 9.59 Å². The second-order valence-electron chi connectivity index (χ2n) is 6.35. The maximum Gasteiger partial charge on any atom is 0.254 e. The van der Waals surface area contributed by atoms with E-state index in [-0.39, 0.29) is 23.8 Å². The molecule has 1 heterocycles. The molecule has 1 amide bonds. The van der Waals surface area contributed by atoms with Crippen molar-refractivity contribution in [2.75, 3.05) is 13.2 Å². The number of fused-ring (bicyclic) bond motifs is 1. The molecule has 0 spiro atoms. The first-order valence-corrected chi connectivity index (χ1v) is 8.12. The summed E-state index contributed by atoms with van der Waals surface area (Å²) in [4.78, 5) is 26.6. The smallest absolute Gasteiger partial charge is 0.254 e. The Morgan fingerprint density at radius 1 is 1.23 bits per heavy atom. The van der Waals surface area contributed by atoms with E-state index in [0.717, 1.165) is 24.8 Å². The number of hydrogen-bond acceptors (Lipinski definition) is 3. The second kappa shape index (κ2) is 6.21. The quantitative estimate of drug-likeness (QED) is 0.789. The molecule has 3 rings (SSSR count). The highest BCUT2D eigenvalue weighted by Gasteiger charge is 2.37. The number of Topliss-reactive ketones (excluding diaryl/α,β-unsaturated/α-hetero) is 1. The minimum atomic E-state index is 0.00432. The Balaban J connectivity index is 1.86. The van der Waals surface area contributed by atoms with Crippen molar-refractivity contribution in [3.8, 4) is 0 Å². The summed E-state index contributed by atoms with van der Waals surface area (Å²) in [5.41, 5.74) is 2.17. The van der Waals surface area contributed by atoms with Gasteiger partial charge in [-0.15, -0.1) is 0 Å². The van der Waals surface area contributed by atoms with Crippen LogP contribution in [0.1, 0.15) is 58.9 Å². The van der Waals surface area contributed by atoms with Crippen LogP contribution in [0.3, 0.4) is 0 Å². The molecule has 4 heteroatoms. The number of morpholine rings is 1. The highest BCUT2D eigenvalue weighted by atomic mass is 16.5. The van der Waals surface area contributed by atoms with Crippen molar-refractivity contribution in [1.29, 1.82) is 0 Å². The van der Waals surface area contributed by atoms with E-state index in [1.54, 1.807) is 13.0 Å². The van der Waals surface area contributed by atoms with Crippen molar-refractivity contribution in [1.82, 2.24) is 4.90 Å². The molecular formula is C18H23NO3. The molecule has 1 aromatic rings. The lowest BCUT2D eigenvalue weighted by Gasteiger charge is -2.43. The van der Waals surface area contributed by atoms with Crippen molar-refractivity contribution in [3.63, 3.8) is 0 Å². The predicted molar refractivity (Wildman–Crippen MR) is 84.2 cm³/mol. The van der Waals surface area contributed by atoms with Crippen LogP contribution < -0.4 is 0 Å². The average Bonchev–Trinajstić information content (AvgIpc) is 2.54. The predicted octanol–water partition coefficient (Wildman–Crippen LogP) is 2.98. The van der Waals surface area contributed by atoms with Gasteiger partial charge in [-0.2, -0.15) is 0 Å². The van der Waals surface area contributed by atoms with Crippen LogP contribution >= 0.6 is 0 Å². The van der Waals surface area contributed by atoms with E-state index in [0.29, 0.717) is 24.3 Å². The van der Waals surface area contributed by atoms with Crippen molar-refractivity contribution >= 4 is 11.7 Å². The van der Waals surface area contributed by atoms with Gasteiger partial charge >= 0.3 is 0 Å². The summed E-state index contributed by atoms with van der Waals surface area (Å²) >= 11 is 0. The van der Waals surface area contributed by atoms with Crippen LogP contribution in [0.4, 0.5) is 0 Å². The Morgan fingerprint density at radius 3 is 2.77 bits per heavy atom. The topological polar surface area (TPSA) is 46.6 Å². The van der Waals surface area contributed by atoms with E-state index in [2.05, 4.69) is 0 Å². The third kappa shape index (κ3) is 2.80. The van der Waals surface area contributed by atoms with Crippen LogP contribution in [0.5, 0.6) is 0 Å². The third-order valence-corrected chi connectivity index (χ3v) is 4.86. The van der Waals surface area contributed by atoms with Crippen LogP contribution in [0.2, 0.25) is 0 Å². The number of amides is 1. The van der Waals surface area contributed by atoms with Gasteiger partial charge in [-0.05, 0) is 44.4 Å². The number of carbonyl (C=O) groups is 2. The molecule has 4 nitrogen and oxygen atoms in total. The Hall–Kier alpha value is -1.68. The number of nitrogens with zero attached hydrogens (tertiary/aromatic N) is 1. The van der Waals surface area contributed by atoms with E-state index in [1.807, 2.05) is 24.0 Å². The van der Waals surface area contributed by atoms with Gasteiger partial charge in [-0.3, -0.25) is 9.59 Å². The largest absolute Gasteiger partial charge is 0.374 e. The van der Waals surface area contributed by atoms with E-state index < -0.39 is 0 Å². The SMILES string of the molecule is CC(=O)c1cc(C(=O)N2CCO[C@@H]3CCCC[C@H]32)ccc1C. The molecule has 22 heavy (non-hydrogen) atoms. The summed E-state index contributed by atoms with van der Waals surface area (Å²) in [6.45, 7) is 4.70. The Morgan fingerprint density at radius 2 is 2.00 bits per heavy atom. The molecule has 0 unspecified atom stereocenters. The lowest BCUT2D eigenvalue weighted by Crippen LogP contribution is -2.54. The van der Waals surface area contributed by atoms with Crippen LogP contribution in [-0.2, 0) is 4.74 Å². The van der Waals surface area contributed by atoms with Gasteiger partial charge in [0.15, 0.2) is 5.78 Å². The highest BCUT2D eigenvalue weighted by Crippen LogP contribution is 2.29. The number of aryl methyl sites for hydroxylation is 1. The molecule has 2 aliphatic rings. The molecule has 1 saturated carbocycles. The zero-order valence-electron chi connectivity index (χ0n) is 13.3.